The molecule has 0 radical (unpaired) electrons. The molecule has 8 nitrogen and oxygen atoms in total. The molecule has 1 aromatic carbocycles. The lowest BCUT2D eigenvalue weighted by atomic mass is 10.1. The molecule has 32 heavy (non-hydrogen) atoms. The van der Waals surface area contributed by atoms with Crippen LogP contribution >= 0.6 is 0 Å². The van der Waals surface area contributed by atoms with E-state index in [1.807, 2.05) is 29.8 Å². The van der Waals surface area contributed by atoms with Gasteiger partial charge in [-0.05, 0) is 50.9 Å². The number of amides is 3. The van der Waals surface area contributed by atoms with Crippen LogP contribution in [0.4, 0.5) is 10.7 Å². The van der Waals surface area contributed by atoms with Gasteiger partial charge in [0.05, 0.1) is 0 Å². The average molecular weight is 436 g/mol. The maximum atomic E-state index is 13.5. The number of benzene rings is 1. The monoisotopic (exact) mass is 435 g/mol. The number of para-hydroxylation sites is 1. The minimum absolute atomic E-state index is 0.187. The van der Waals surface area contributed by atoms with Gasteiger partial charge in [0, 0.05) is 20.1 Å². The van der Waals surface area contributed by atoms with Crippen LogP contribution in [0.5, 0.6) is 0 Å². The van der Waals surface area contributed by atoms with E-state index in [0.717, 1.165) is 37.4 Å². The summed E-state index contributed by atoms with van der Waals surface area (Å²) in [5, 5.41) is 0. The van der Waals surface area contributed by atoms with Crippen molar-refractivity contribution >= 4 is 23.7 Å². The molecule has 4 heterocycles. The summed E-state index contributed by atoms with van der Waals surface area (Å²) in [5.41, 5.74) is 3.28. The van der Waals surface area contributed by atoms with E-state index in [1.165, 1.54) is 29.7 Å². The molecule has 2 saturated heterocycles. The van der Waals surface area contributed by atoms with Gasteiger partial charge >= 0.3 is 12.0 Å². The molecular weight excluding hydrogens is 404 g/mol. The molecule has 5 rings (SSSR count). The molecule has 168 valence electrons. The van der Waals surface area contributed by atoms with Crippen LogP contribution < -0.4 is 4.57 Å². The number of aromatic nitrogens is 2. The number of hydrogen-bond donors (Lipinski definition) is 0. The van der Waals surface area contributed by atoms with Gasteiger partial charge in [0.2, 0.25) is 11.9 Å². The van der Waals surface area contributed by atoms with Crippen LogP contribution in [0.2, 0.25) is 0 Å². The summed E-state index contributed by atoms with van der Waals surface area (Å²) < 4.78 is 4.02. The molecule has 0 saturated carbocycles. The number of urea groups is 1. The molecule has 1 aromatic heterocycles. The molecule has 0 bridgehead atoms. The first-order valence-corrected chi connectivity index (χ1v) is 11.6. The van der Waals surface area contributed by atoms with Crippen molar-refractivity contribution in [3.63, 3.8) is 0 Å². The summed E-state index contributed by atoms with van der Waals surface area (Å²) in [6.45, 7) is 7.39. The Kier molecular flexibility index (Phi) is 5.33. The fraction of sp³-hybridized carbons (Fsp3) is 0.500. The highest BCUT2D eigenvalue weighted by atomic mass is 16.2. The maximum absolute atomic E-state index is 13.5. The largest absolute Gasteiger partial charge is 0.406 e. The van der Waals surface area contributed by atoms with E-state index in [1.54, 1.807) is 11.9 Å². The molecule has 3 aliphatic heterocycles. The summed E-state index contributed by atoms with van der Waals surface area (Å²) in [6.07, 6.45) is 6.51. The van der Waals surface area contributed by atoms with Gasteiger partial charge in [0.15, 0.2) is 0 Å². The summed E-state index contributed by atoms with van der Waals surface area (Å²) in [7, 11) is 1.72. The number of hydrogen-bond acceptors (Lipinski definition) is 4. The van der Waals surface area contributed by atoms with Gasteiger partial charge in [-0.25, -0.2) is 9.36 Å². The van der Waals surface area contributed by atoms with E-state index in [2.05, 4.69) is 28.5 Å². The van der Waals surface area contributed by atoms with Crippen molar-refractivity contribution in [2.75, 3.05) is 33.2 Å². The third kappa shape index (κ3) is 3.24. The number of rotatable bonds is 5. The molecule has 1 atom stereocenters. The molecule has 0 spiro atoms. The number of amidine groups is 1. The van der Waals surface area contributed by atoms with Crippen molar-refractivity contribution in [3.8, 4) is 5.69 Å². The lowest BCUT2D eigenvalue weighted by Crippen LogP contribution is -2.63. The minimum Gasteiger partial charge on any atom is -0.302 e. The first kappa shape index (κ1) is 20.9. The number of imidazole rings is 1. The fourth-order valence-corrected chi connectivity index (χ4v) is 5.14. The van der Waals surface area contributed by atoms with Crippen LogP contribution in [0.25, 0.3) is 5.69 Å². The van der Waals surface area contributed by atoms with E-state index < -0.39 is 6.04 Å². The molecule has 3 amide bonds. The average Bonchev–Trinajstić information content (AvgIpc) is 3.32. The summed E-state index contributed by atoms with van der Waals surface area (Å²) in [6, 6.07) is 7.37. The van der Waals surface area contributed by atoms with Crippen molar-refractivity contribution < 1.29 is 14.2 Å². The standard InChI is InChI=1S/C24H31N6O2/c1-4-18-10-6-7-11-19(18)30-17(2)16-29-20-21(25-23(29)30)26(3)24(32)28(22(20)31)15-14-27-12-8-5-9-13-27/h6-7,10-11,16,20H,4-5,8-9,12-15H2,1-3H3/q+1. The highest BCUT2D eigenvalue weighted by molar-refractivity contribution is 6.19. The van der Waals surface area contributed by atoms with Crippen molar-refractivity contribution in [3.05, 3.63) is 41.7 Å². The number of likely N-dealkylation sites (tertiary alicyclic amines) is 1. The van der Waals surface area contributed by atoms with Gasteiger partial charge in [-0.15, -0.1) is 0 Å². The Balaban J connectivity index is 1.48. The minimum atomic E-state index is -0.595. The Morgan fingerprint density at radius 2 is 1.84 bits per heavy atom. The van der Waals surface area contributed by atoms with Crippen LogP contribution in [0.1, 0.15) is 43.5 Å². The molecule has 2 fully saturated rings. The second-order valence-corrected chi connectivity index (χ2v) is 8.90. The zero-order valence-corrected chi connectivity index (χ0v) is 19.1. The lowest BCUT2D eigenvalue weighted by molar-refractivity contribution is -0.676. The third-order valence-electron chi connectivity index (χ3n) is 6.91. The van der Waals surface area contributed by atoms with E-state index >= 15 is 0 Å². The molecule has 0 N–H and O–H groups in total. The van der Waals surface area contributed by atoms with E-state index in [4.69, 9.17) is 4.99 Å². The van der Waals surface area contributed by atoms with Gasteiger partial charge in [-0.3, -0.25) is 14.6 Å². The smallest absolute Gasteiger partial charge is 0.302 e. The van der Waals surface area contributed by atoms with E-state index in [9.17, 15) is 9.59 Å². The number of carbonyl (C=O) groups is 2. The number of nitrogens with zero attached hydrogens (tertiary/aromatic N) is 6. The predicted molar refractivity (Wildman–Crippen MR) is 121 cm³/mol. The van der Waals surface area contributed by atoms with Crippen molar-refractivity contribution in [1.82, 2.24) is 19.3 Å². The van der Waals surface area contributed by atoms with Crippen LogP contribution in [0.15, 0.2) is 35.5 Å². The summed E-state index contributed by atoms with van der Waals surface area (Å²) in [5.74, 6) is 1.01. The predicted octanol–water partition coefficient (Wildman–Crippen LogP) is 2.60. The van der Waals surface area contributed by atoms with Crippen LogP contribution in [-0.4, -0.2) is 70.3 Å². The Hall–Kier alpha value is -3.00. The Labute approximate surface area is 188 Å². The highest BCUT2D eigenvalue weighted by Gasteiger charge is 2.53. The Morgan fingerprint density at radius 3 is 2.59 bits per heavy atom. The van der Waals surface area contributed by atoms with Crippen LogP contribution in [0, 0.1) is 6.92 Å². The number of carbonyl (C=O) groups excluding carboxylic acids is 2. The third-order valence-corrected chi connectivity index (χ3v) is 6.91. The van der Waals surface area contributed by atoms with Crippen molar-refractivity contribution in [1.29, 1.82) is 0 Å². The van der Waals surface area contributed by atoms with Gasteiger partial charge in [0.1, 0.15) is 17.6 Å². The molecule has 0 aliphatic carbocycles. The number of fused-ring (bicyclic) bond motifs is 3. The van der Waals surface area contributed by atoms with Gasteiger partial charge in [-0.2, -0.15) is 4.57 Å². The number of piperidine rings is 1. The van der Waals surface area contributed by atoms with E-state index in [0.29, 0.717) is 18.3 Å². The zero-order valence-electron chi connectivity index (χ0n) is 19.1. The number of imide groups is 1. The Morgan fingerprint density at radius 1 is 1.09 bits per heavy atom. The van der Waals surface area contributed by atoms with Gasteiger partial charge in [0.25, 0.3) is 5.91 Å². The first-order chi connectivity index (χ1) is 15.5. The lowest BCUT2D eigenvalue weighted by Gasteiger charge is -2.35. The molecule has 3 aliphatic rings. The first-order valence-electron chi connectivity index (χ1n) is 11.6. The number of aryl methyl sites for hydroxylation is 2. The van der Waals surface area contributed by atoms with Gasteiger partial charge < -0.3 is 4.90 Å². The number of aliphatic imine (C=N–C) groups is 1. The zero-order chi connectivity index (χ0) is 22.4. The molecule has 2 aromatic rings. The summed E-state index contributed by atoms with van der Waals surface area (Å²) in [4.78, 5) is 36.7. The molecular formula is C24H31N6O2+. The Bertz CT molecular complexity index is 1100. The van der Waals surface area contributed by atoms with Crippen LogP contribution in [0.3, 0.4) is 0 Å². The van der Waals surface area contributed by atoms with E-state index in [-0.39, 0.29) is 11.9 Å². The summed E-state index contributed by atoms with van der Waals surface area (Å²) >= 11 is 0. The maximum Gasteiger partial charge on any atom is 0.406 e. The van der Waals surface area contributed by atoms with Crippen molar-refractivity contribution in [2.45, 2.75) is 45.6 Å². The van der Waals surface area contributed by atoms with Gasteiger partial charge in [-0.1, -0.05) is 36.5 Å². The quantitative estimate of drug-likeness (QED) is 0.678. The highest BCUT2D eigenvalue weighted by Crippen LogP contribution is 2.32. The fourth-order valence-electron chi connectivity index (χ4n) is 5.14. The normalized spacial score (nSPS) is 21.1. The molecule has 8 heteroatoms. The molecule has 1 unspecified atom stereocenters. The second-order valence-electron chi connectivity index (χ2n) is 8.90. The number of likely N-dealkylation sites (N-methyl/N-ethyl adjacent to an activating group) is 1. The topological polar surface area (TPSA) is 65.0 Å². The van der Waals surface area contributed by atoms with Crippen molar-refractivity contribution in [2.24, 2.45) is 4.99 Å². The second kappa shape index (κ2) is 8.16. The SMILES string of the molecule is CCc1ccccc1-n1c(C)c[n+]2c1N=C1C2C(=O)N(CCN2CCCCC2)C(=O)N1C. The van der Waals surface area contributed by atoms with Crippen LogP contribution in [-0.2, 0) is 11.2 Å².